The highest BCUT2D eigenvalue weighted by Crippen LogP contribution is 2.19. The van der Waals surface area contributed by atoms with E-state index in [0.29, 0.717) is 16.8 Å². The van der Waals surface area contributed by atoms with E-state index < -0.39 is 0 Å². The first-order chi connectivity index (χ1) is 8.58. The fourth-order valence-corrected chi connectivity index (χ4v) is 2.04. The maximum absolute atomic E-state index is 13.0. The van der Waals surface area contributed by atoms with Gasteiger partial charge in [-0.3, -0.25) is 4.79 Å². The van der Waals surface area contributed by atoms with Crippen molar-refractivity contribution >= 4 is 21.8 Å². The second-order valence-electron chi connectivity index (χ2n) is 3.90. The maximum atomic E-state index is 13.0. The minimum atomic E-state index is -0.308. The summed E-state index contributed by atoms with van der Waals surface area (Å²) in [5.41, 5.74) is 1.19. The molecule has 0 fully saturated rings. The van der Waals surface area contributed by atoms with Crippen LogP contribution in [0, 0.1) is 5.82 Å². The number of nitrogens with zero attached hydrogens (tertiary/aromatic N) is 1. The minimum absolute atomic E-state index is 0.181. The molecule has 0 bridgehead atoms. The Bertz CT molecular complexity index is 568. The lowest BCUT2D eigenvalue weighted by Gasteiger charge is -2.16. The van der Waals surface area contributed by atoms with E-state index in [9.17, 15) is 9.18 Å². The van der Waals surface area contributed by atoms with Gasteiger partial charge in [-0.1, -0.05) is 12.1 Å². The SMILES string of the molecule is CN(Cc1cccc(F)c1)C(=O)c1ccoc1Br. The summed E-state index contributed by atoms with van der Waals surface area (Å²) in [6.07, 6.45) is 1.44. The van der Waals surface area contributed by atoms with Crippen molar-refractivity contribution < 1.29 is 13.6 Å². The van der Waals surface area contributed by atoms with Gasteiger partial charge in [0, 0.05) is 13.6 Å². The number of carbonyl (C=O) groups is 1. The van der Waals surface area contributed by atoms with E-state index in [0.717, 1.165) is 5.56 Å². The molecule has 94 valence electrons. The van der Waals surface area contributed by atoms with Crippen molar-refractivity contribution in [3.05, 3.63) is 58.2 Å². The Morgan fingerprint density at radius 2 is 2.22 bits per heavy atom. The zero-order chi connectivity index (χ0) is 13.1. The van der Waals surface area contributed by atoms with Gasteiger partial charge in [0.1, 0.15) is 5.82 Å². The van der Waals surface area contributed by atoms with Crippen molar-refractivity contribution in [1.29, 1.82) is 0 Å². The number of carbonyl (C=O) groups excluding carboxylic acids is 1. The van der Waals surface area contributed by atoms with E-state index in [1.54, 1.807) is 25.2 Å². The second kappa shape index (κ2) is 5.35. The van der Waals surface area contributed by atoms with Crippen LogP contribution in [0.4, 0.5) is 4.39 Å². The van der Waals surface area contributed by atoms with E-state index in [-0.39, 0.29) is 11.7 Å². The predicted molar refractivity (Wildman–Crippen MR) is 68.6 cm³/mol. The molecule has 1 aromatic carbocycles. The Labute approximate surface area is 112 Å². The van der Waals surface area contributed by atoms with Crippen LogP contribution in [0.15, 0.2) is 45.7 Å². The Morgan fingerprint density at radius 3 is 2.83 bits per heavy atom. The maximum Gasteiger partial charge on any atom is 0.258 e. The number of rotatable bonds is 3. The molecule has 18 heavy (non-hydrogen) atoms. The molecule has 0 spiro atoms. The molecule has 0 aliphatic carbocycles. The monoisotopic (exact) mass is 311 g/mol. The Morgan fingerprint density at radius 1 is 1.44 bits per heavy atom. The number of hydrogen-bond donors (Lipinski definition) is 0. The Hall–Kier alpha value is -1.62. The van der Waals surface area contributed by atoms with Gasteiger partial charge < -0.3 is 9.32 Å². The fourth-order valence-electron chi connectivity index (χ4n) is 1.63. The largest absolute Gasteiger partial charge is 0.457 e. The van der Waals surface area contributed by atoms with Crippen molar-refractivity contribution in [1.82, 2.24) is 4.90 Å². The number of halogens is 2. The smallest absolute Gasteiger partial charge is 0.258 e. The Balaban J connectivity index is 2.11. The second-order valence-corrected chi connectivity index (χ2v) is 4.62. The zero-order valence-corrected chi connectivity index (χ0v) is 11.3. The first-order valence-corrected chi connectivity index (χ1v) is 6.10. The highest BCUT2D eigenvalue weighted by molar-refractivity contribution is 9.10. The van der Waals surface area contributed by atoms with Crippen LogP contribution in [-0.4, -0.2) is 17.9 Å². The van der Waals surface area contributed by atoms with Crippen LogP contribution in [0.25, 0.3) is 0 Å². The summed E-state index contributed by atoms with van der Waals surface area (Å²) in [6.45, 7) is 0.341. The molecule has 1 heterocycles. The van der Waals surface area contributed by atoms with E-state index in [1.807, 2.05) is 0 Å². The molecule has 0 saturated carbocycles. The first kappa shape index (κ1) is 12.8. The summed E-state index contributed by atoms with van der Waals surface area (Å²) in [6, 6.07) is 7.77. The van der Waals surface area contributed by atoms with E-state index in [4.69, 9.17) is 4.42 Å². The van der Waals surface area contributed by atoms with Crippen LogP contribution in [0.1, 0.15) is 15.9 Å². The van der Waals surface area contributed by atoms with Crippen molar-refractivity contribution in [2.45, 2.75) is 6.54 Å². The molecule has 0 N–H and O–H groups in total. The van der Waals surface area contributed by atoms with Gasteiger partial charge in [0.15, 0.2) is 4.67 Å². The lowest BCUT2D eigenvalue weighted by atomic mass is 10.2. The molecule has 1 amide bonds. The van der Waals surface area contributed by atoms with Gasteiger partial charge in [-0.25, -0.2) is 4.39 Å². The summed E-state index contributed by atoms with van der Waals surface area (Å²) in [5, 5.41) is 0. The summed E-state index contributed by atoms with van der Waals surface area (Å²) in [7, 11) is 1.66. The van der Waals surface area contributed by atoms with Crippen LogP contribution < -0.4 is 0 Å². The molecule has 0 radical (unpaired) electrons. The molecule has 1 aromatic heterocycles. The molecule has 3 nitrogen and oxygen atoms in total. The topological polar surface area (TPSA) is 33.5 Å². The van der Waals surface area contributed by atoms with Gasteiger partial charge >= 0.3 is 0 Å². The van der Waals surface area contributed by atoms with Gasteiger partial charge in [-0.05, 0) is 39.7 Å². The van der Waals surface area contributed by atoms with Crippen LogP contribution in [-0.2, 0) is 6.54 Å². The van der Waals surface area contributed by atoms with Gasteiger partial charge in [0.05, 0.1) is 11.8 Å². The third-order valence-electron chi connectivity index (χ3n) is 2.50. The van der Waals surface area contributed by atoms with Crippen LogP contribution in [0.5, 0.6) is 0 Å². The minimum Gasteiger partial charge on any atom is -0.457 e. The lowest BCUT2D eigenvalue weighted by molar-refractivity contribution is 0.0783. The first-order valence-electron chi connectivity index (χ1n) is 5.31. The van der Waals surface area contributed by atoms with Crippen molar-refractivity contribution in [3.8, 4) is 0 Å². The van der Waals surface area contributed by atoms with Crippen LogP contribution in [0.2, 0.25) is 0 Å². The summed E-state index contributed by atoms with van der Waals surface area (Å²) in [4.78, 5) is 13.6. The van der Waals surface area contributed by atoms with E-state index >= 15 is 0 Å². The van der Waals surface area contributed by atoms with E-state index in [2.05, 4.69) is 15.9 Å². The molecule has 0 aliphatic heterocycles. The van der Waals surface area contributed by atoms with Crippen molar-refractivity contribution in [3.63, 3.8) is 0 Å². The van der Waals surface area contributed by atoms with Gasteiger partial charge in [-0.15, -0.1) is 0 Å². The van der Waals surface area contributed by atoms with Crippen molar-refractivity contribution in [2.75, 3.05) is 7.05 Å². The number of benzene rings is 1. The lowest BCUT2D eigenvalue weighted by Crippen LogP contribution is -2.26. The predicted octanol–water partition coefficient (Wildman–Crippen LogP) is 3.45. The van der Waals surface area contributed by atoms with Gasteiger partial charge in [-0.2, -0.15) is 0 Å². The number of amides is 1. The molecule has 0 aliphatic rings. The highest BCUT2D eigenvalue weighted by atomic mass is 79.9. The third kappa shape index (κ3) is 2.79. The number of hydrogen-bond acceptors (Lipinski definition) is 2. The molecule has 0 unspecified atom stereocenters. The van der Waals surface area contributed by atoms with Gasteiger partial charge in [0.2, 0.25) is 0 Å². The molecule has 0 saturated heterocycles. The summed E-state index contributed by atoms with van der Waals surface area (Å²) in [5.74, 6) is -0.488. The summed E-state index contributed by atoms with van der Waals surface area (Å²) < 4.78 is 18.4. The van der Waals surface area contributed by atoms with E-state index in [1.165, 1.54) is 23.3 Å². The summed E-state index contributed by atoms with van der Waals surface area (Å²) >= 11 is 3.16. The van der Waals surface area contributed by atoms with Gasteiger partial charge in [0.25, 0.3) is 5.91 Å². The average Bonchev–Trinajstić information content (AvgIpc) is 2.74. The molecular weight excluding hydrogens is 301 g/mol. The third-order valence-corrected chi connectivity index (χ3v) is 3.12. The molecule has 5 heteroatoms. The Kier molecular flexibility index (Phi) is 3.81. The standard InChI is InChI=1S/C13H11BrFNO2/c1-16(8-9-3-2-4-10(15)7-9)13(17)11-5-6-18-12(11)14/h2-7H,8H2,1H3. The number of furan rings is 1. The van der Waals surface area contributed by atoms with Crippen LogP contribution >= 0.6 is 15.9 Å². The quantitative estimate of drug-likeness (QED) is 0.870. The molecule has 2 aromatic rings. The van der Waals surface area contributed by atoms with Crippen LogP contribution in [0.3, 0.4) is 0 Å². The average molecular weight is 312 g/mol. The highest BCUT2D eigenvalue weighted by Gasteiger charge is 2.17. The normalized spacial score (nSPS) is 10.4. The molecular formula is C13H11BrFNO2. The van der Waals surface area contributed by atoms with Crippen molar-refractivity contribution in [2.24, 2.45) is 0 Å². The zero-order valence-electron chi connectivity index (χ0n) is 9.69. The molecule has 0 atom stereocenters. The fraction of sp³-hybridized carbons (Fsp3) is 0.154. The molecule has 2 rings (SSSR count).